The summed E-state index contributed by atoms with van der Waals surface area (Å²) >= 11 is 0. The van der Waals surface area contributed by atoms with Crippen LogP contribution >= 0.6 is 0 Å². The Balaban J connectivity index is 2.09. The molecule has 0 aromatic rings. The molecule has 1 saturated carbocycles. The summed E-state index contributed by atoms with van der Waals surface area (Å²) in [5.41, 5.74) is -0.649. The molecule has 0 aromatic heterocycles. The van der Waals surface area contributed by atoms with Gasteiger partial charge in [0.15, 0.2) is 0 Å². The molecule has 3 amide bonds. The maximum absolute atomic E-state index is 12.5. The third-order valence-electron chi connectivity index (χ3n) is 4.00. The standard InChI is InChI=1S/C14H21N3O3/c1-3-11(18)16(4-2)10-12(19)17-9-5-8-15-13(20)14(17)6-7-14/h3H,1,4-10H2,2H3,(H,15,20). The van der Waals surface area contributed by atoms with E-state index in [4.69, 9.17) is 0 Å². The second-order valence-electron chi connectivity index (χ2n) is 5.24. The first kappa shape index (κ1) is 14.6. The maximum atomic E-state index is 12.5. The minimum Gasteiger partial charge on any atom is -0.354 e. The smallest absolute Gasteiger partial charge is 0.246 e. The van der Waals surface area contributed by atoms with Crippen molar-refractivity contribution in [3.63, 3.8) is 0 Å². The number of amides is 3. The molecule has 6 nitrogen and oxygen atoms in total. The van der Waals surface area contributed by atoms with Crippen LogP contribution in [-0.4, -0.2) is 59.2 Å². The summed E-state index contributed by atoms with van der Waals surface area (Å²) in [5.74, 6) is -0.469. The molecule has 110 valence electrons. The first-order valence-electron chi connectivity index (χ1n) is 7.05. The fourth-order valence-electron chi connectivity index (χ4n) is 2.64. The van der Waals surface area contributed by atoms with Crippen molar-refractivity contribution in [2.24, 2.45) is 0 Å². The molecular weight excluding hydrogens is 258 g/mol. The number of nitrogens with one attached hydrogen (secondary N) is 1. The summed E-state index contributed by atoms with van der Waals surface area (Å²) in [4.78, 5) is 39.2. The Morgan fingerprint density at radius 2 is 2.20 bits per heavy atom. The lowest BCUT2D eigenvalue weighted by Crippen LogP contribution is -2.52. The van der Waals surface area contributed by atoms with Crippen LogP contribution in [0.15, 0.2) is 12.7 Å². The number of likely N-dealkylation sites (N-methyl/N-ethyl adjacent to an activating group) is 1. The predicted molar refractivity (Wildman–Crippen MR) is 73.8 cm³/mol. The number of carbonyl (C=O) groups is 3. The Morgan fingerprint density at radius 1 is 1.50 bits per heavy atom. The Bertz CT molecular complexity index is 443. The maximum Gasteiger partial charge on any atom is 0.246 e. The molecule has 1 spiro atoms. The van der Waals surface area contributed by atoms with E-state index in [1.165, 1.54) is 11.0 Å². The number of rotatable bonds is 4. The topological polar surface area (TPSA) is 69.7 Å². The number of nitrogens with zero attached hydrogens (tertiary/aromatic N) is 2. The Labute approximate surface area is 118 Å². The number of hydrogen-bond acceptors (Lipinski definition) is 3. The van der Waals surface area contributed by atoms with Crippen LogP contribution in [0.5, 0.6) is 0 Å². The molecule has 1 aliphatic carbocycles. The van der Waals surface area contributed by atoms with Gasteiger partial charge in [-0.05, 0) is 32.3 Å². The second-order valence-corrected chi connectivity index (χ2v) is 5.24. The Morgan fingerprint density at radius 3 is 2.75 bits per heavy atom. The molecule has 2 rings (SSSR count). The predicted octanol–water partition coefficient (Wildman–Crippen LogP) is -0.0980. The molecule has 20 heavy (non-hydrogen) atoms. The van der Waals surface area contributed by atoms with Crippen molar-refractivity contribution in [3.8, 4) is 0 Å². The van der Waals surface area contributed by atoms with E-state index < -0.39 is 5.54 Å². The molecule has 0 unspecified atom stereocenters. The third-order valence-corrected chi connectivity index (χ3v) is 4.00. The van der Waals surface area contributed by atoms with Crippen LogP contribution in [0, 0.1) is 0 Å². The molecule has 2 fully saturated rings. The van der Waals surface area contributed by atoms with E-state index in [1.807, 2.05) is 6.92 Å². The minimum absolute atomic E-state index is 0.0103. The zero-order chi connectivity index (χ0) is 14.8. The zero-order valence-corrected chi connectivity index (χ0v) is 11.9. The molecule has 0 radical (unpaired) electrons. The quantitative estimate of drug-likeness (QED) is 0.731. The average molecular weight is 279 g/mol. The summed E-state index contributed by atoms with van der Waals surface area (Å²) in [6, 6.07) is 0. The summed E-state index contributed by atoms with van der Waals surface area (Å²) in [7, 11) is 0. The van der Waals surface area contributed by atoms with Crippen LogP contribution in [0.1, 0.15) is 26.2 Å². The van der Waals surface area contributed by atoms with Crippen molar-refractivity contribution in [3.05, 3.63) is 12.7 Å². The molecule has 1 heterocycles. The molecule has 1 N–H and O–H groups in total. The summed E-state index contributed by atoms with van der Waals surface area (Å²) in [6.45, 7) is 6.88. The summed E-state index contributed by atoms with van der Waals surface area (Å²) in [5, 5.41) is 2.85. The lowest BCUT2D eigenvalue weighted by atomic mass is 10.2. The van der Waals surface area contributed by atoms with Crippen molar-refractivity contribution >= 4 is 17.7 Å². The van der Waals surface area contributed by atoms with Crippen LogP contribution in [0.4, 0.5) is 0 Å². The van der Waals surface area contributed by atoms with Crippen LogP contribution < -0.4 is 5.32 Å². The fraction of sp³-hybridized carbons (Fsp3) is 0.643. The van der Waals surface area contributed by atoms with Gasteiger partial charge in [-0.25, -0.2) is 0 Å². The van der Waals surface area contributed by atoms with E-state index in [1.54, 1.807) is 4.90 Å². The Kier molecular flexibility index (Phi) is 4.11. The van der Waals surface area contributed by atoms with Crippen molar-refractivity contribution < 1.29 is 14.4 Å². The van der Waals surface area contributed by atoms with Crippen molar-refractivity contribution in [2.75, 3.05) is 26.2 Å². The van der Waals surface area contributed by atoms with Crippen LogP contribution in [0.3, 0.4) is 0 Å². The minimum atomic E-state index is -0.649. The van der Waals surface area contributed by atoms with Gasteiger partial charge in [0.25, 0.3) is 0 Å². The molecule has 1 saturated heterocycles. The highest BCUT2D eigenvalue weighted by Crippen LogP contribution is 2.43. The molecule has 0 aromatic carbocycles. The lowest BCUT2D eigenvalue weighted by Gasteiger charge is -2.30. The first-order chi connectivity index (χ1) is 9.55. The van der Waals surface area contributed by atoms with Gasteiger partial charge in [-0.15, -0.1) is 0 Å². The van der Waals surface area contributed by atoms with Gasteiger partial charge >= 0.3 is 0 Å². The Hall–Kier alpha value is -1.85. The van der Waals surface area contributed by atoms with Crippen LogP contribution in [0.25, 0.3) is 0 Å². The molecule has 2 aliphatic rings. The molecule has 0 atom stereocenters. The van der Waals surface area contributed by atoms with E-state index in [9.17, 15) is 14.4 Å². The molecule has 6 heteroatoms. The van der Waals surface area contributed by atoms with Gasteiger partial charge in [-0.3, -0.25) is 14.4 Å². The van der Waals surface area contributed by atoms with E-state index in [0.29, 0.717) is 32.5 Å². The van der Waals surface area contributed by atoms with Crippen molar-refractivity contribution in [1.82, 2.24) is 15.1 Å². The van der Waals surface area contributed by atoms with E-state index >= 15 is 0 Å². The van der Waals surface area contributed by atoms with Gasteiger partial charge in [-0.2, -0.15) is 0 Å². The van der Waals surface area contributed by atoms with E-state index in [0.717, 1.165) is 6.42 Å². The van der Waals surface area contributed by atoms with Crippen LogP contribution in [0.2, 0.25) is 0 Å². The summed E-state index contributed by atoms with van der Waals surface area (Å²) in [6.07, 6.45) is 3.39. The van der Waals surface area contributed by atoms with E-state index in [2.05, 4.69) is 11.9 Å². The molecule has 1 aliphatic heterocycles. The average Bonchev–Trinajstić information content (AvgIpc) is 3.26. The molecular formula is C14H21N3O3. The number of hydrogen-bond donors (Lipinski definition) is 1. The van der Waals surface area contributed by atoms with Gasteiger partial charge in [-0.1, -0.05) is 6.58 Å². The highest BCUT2D eigenvalue weighted by Gasteiger charge is 2.56. The van der Waals surface area contributed by atoms with E-state index in [-0.39, 0.29) is 24.3 Å². The highest BCUT2D eigenvalue weighted by molar-refractivity contribution is 5.96. The van der Waals surface area contributed by atoms with Gasteiger partial charge in [0.1, 0.15) is 12.1 Å². The normalized spacial score (nSPS) is 20.1. The zero-order valence-electron chi connectivity index (χ0n) is 11.9. The van der Waals surface area contributed by atoms with Crippen molar-refractivity contribution in [1.29, 1.82) is 0 Å². The lowest BCUT2D eigenvalue weighted by molar-refractivity contribution is -0.144. The summed E-state index contributed by atoms with van der Waals surface area (Å²) < 4.78 is 0. The van der Waals surface area contributed by atoms with Crippen molar-refractivity contribution in [2.45, 2.75) is 31.7 Å². The number of carbonyl (C=O) groups excluding carboxylic acids is 3. The van der Waals surface area contributed by atoms with Gasteiger partial charge < -0.3 is 15.1 Å². The SMILES string of the molecule is C=CC(=O)N(CC)CC(=O)N1CCCNC(=O)C12CC2. The second kappa shape index (κ2) is 5.64. The van der Waals surface area contributed by atoms with Crippen LogP contribution in [-0.2, 0) is 14.4 Å². The third kappa shape index (κ3) is 2.55. The van der Waals surface area contributed by atoms with Gasteiger partial charge in [0.2, 0.25) is 17.7 Å². The monoisotopic (exact) mass is 279 g/mol. The first-order valence-corrected chi connectivity index (χ1v) is 7.05. The molecule has 0 bridgehead atoms. The fourth-order valence-corrected chi connectivity index (χ4v) is 2.64. The van der Waals surface area contributed by atoms with Gasteiger partial charge in [0.05, 0.1) is 0 Å². The highest BCUT2D eigenvalue weighted by atomic mass is 16.2. The largest absolute Gasteiger partial charge is 0.354 e. The van der Waals surface area contributed by atoms with Gasteiger partial charge in [0, 0.05) is 19.6 Å².